The molecule has 1 amide bonds. The van der Waals surface area contributed by atoms with E-state index in [0.29, 0.717) is 15.6 Å². The summed E-state index contributed by atoms with van der Waals surface area (Å²) in [5.41, 5.74) is 0.0842. The molecule has 3 rings (SSSR count). The minimum absolute atomic E-state index is 0.0802. The zero-order valence-corrected chi connectivity index (χ0v) is 12.1. The molecule has 7 heteroatoms. The summed E-state index contributed by atoms with van der Waals surface area (Å²) in [6, 6.07) is 7.89. The molecule has 0 aliphatic heterocycles. The standard InChI is InChI=1S/C14H8BrN3O3/c15-12-6-17-13(7-16-12)18-14(20)11-5-9(19)8-3-1-2-4-10(8)21-11/h1-7H,(H,17,18,20). The first-order chi connectivity index (χ1) is 10.1. The number of rotatable bonds is 2. The van der Waals surface area contributed by atoms with Gasteiger partial charge in [0, 0.05) is 6.07 Å². The fourth-order valence-corrected chi connectivity index (χ4v) is 1.98. The lowest BCUT2D eigenvalue weighted by Gasteiger charge is -2.04. The normalized spacial score (nSPS) is 10.5. The van der Waals surface area contributed by atoms with Crippen LogP contribution in [-0.4, -0.2) is 15.9 Å². The van der Waals surface area contributed by atoms with E-state index in [0.717, 1.165) is 6.07 Å². The van der Waals surface area contributed by atoms with Gasteiger partial charge in [0.25, 0.3) is 5.91 Å². The van der Waals surface area contributed by atoms with Gasteiger partial charge < -0.3 is 9.73 Å². The molecule has 3 aromatic rings. The van der Waals surface area contributed by atoms with Crippen molar-refractivity contribution < 1.29 is 9.21 Å². The second-order valence-electron chi connectivity index (χ2n) is 4.15. The highest BCUT2D eigenvalue weighted by Gasteiger charge is 2.13. The molecule has 0 fully saturated rings. The number of nitrogens with one attached hydrogen (secondary N) is 1. The van der Waals surface area contributed by atoms with Gasteiger partial charge in [-0.2, -0.15) is 0 Å². The average molecular weight is 346 g/mol. The number of amides is 1. The Balaban J connectivity index is 1.94. The Bertz CT molecular complexity index is 875. The van der Waals surface area contributed by atoms with Crippen LogP contribution in [-0.2, 0) is 0 Å². The molecule has 0 saturated carbocycles. The Morgan fingerprint density at radius 3 is 2.76 bits per heavy atom. The molecule has 0 bridgehead atoms. The summed E-state index contributed by atoms with van der Waals surface area (Å²) in [4.78, 5) is 31.9. The number of para-hydroxylation sites is 1. The summed E-state index contributed by atoms with van der Waals surface area (Å²) >= 11 is 3.15. The van der Waals surface area contributed by atoms with Crippen molar-refractivity contribution in [2.24, 2.45) is 0 Å². The quantitative estimate of drug-likeness (QED) is 0.771. The van der Waals surface area contributed by atoms with Gasteiger partial charge in [-0.3, -0.25) is 9.59 Å². The lowest BCUT2D eigenvalue weighted by atomic mass is 10.2. The van der Waals surface area contributed by atoms with Crippen LogP contribution in [0.25, 0.3) is 11.0 Å². The molecule has 6 nitrogen and oxygen atoms in total. The molecule has 1 N–H and O–H groups in total. The van der Waals surface area contributed by atoms with Gasteiger partial charge in [-0.1, -0.05) is 12.1 Å². The summed E-state index contributed by atoms with van der Waals surface area (Å²) in [6.07, 6.45) is 2.84. The van der Waals surface area contributed by atoms with Gasteiger partial charge in [0.05, 0.1) is 17.8 Å². The summed E-state index contributed by atoms with van der Waals surface area (Å²) < 4.78 is 5.98. The van der Waals surface area contributed by atoms with E-state index < -0.39 is 5.91 Å². The van der Waals surface area contributed by atoms with Crippen molar-refractivity contribution in [3.63, 3.8) is 0 Å². The van der Waals surface area contributed by atoms with Gasteiger partial charge in [0.1, 0.15) is 10.2 Å². The first kappa shape index (κ1) is 13.4. The second kappa shape index (κ2) is 5.45. The van der Waals surface area contributed by atoms with Gasteiger partial charge in [-0.05, 0) is 28.1 Å². The molecule has 0 atom stereocenters. The maximum absolute atomic E-state index is 12.1. The number of nitrogens with zero attached hydrogens (tertiary/aromatic N) is 2. The highest BCUT2D eigenvalue weighted by atomic mass is 79.9. The molecule has 104 valence electrons. The van der Waals surface area contributed by atoms with E-state index in [2.05, 4.69) is 31.2 Å². The molecule has 0 aliphatic rings. The van der Waals surface area contributed by atoms with E-state index in [4.69, 9.17) is 4.42 Å². The van der Waals surface area contributed by atoms with Crippen molar-refractivity contribution in [1.29, 1.82) is 0 Å². The molecular weight excluding hydrogens is 338 g/mol. The number of benzene rings is 1. The van der Waals surface area contributed by atoms with Crippen molar-refractivity contribution in [2.75, 3.05) is 5.32 Å². The first-order valence-electron chi connectivity index (χ1n) is 5.95. The summed E-state index contributed by atoms with van der Waals surface area (Å²) in [5.74, 6) is -0.378. The van der Waals surface area contributed by atoms with E-state index in [1.807, 2.05) is 0 Å². The molecule has 2 heterocycles. The maximum Gasteiger partial charge on any atom is 0.292 e. The number of anilines is 1. The summed E-state index contributed by atoms with van der Waals surface area (Å²) in [6.45, 7) is 0. The second-order valence-corrected chi connectivity index (χ2v) is 4.96. The Morgan fingerprint density at radius 2 is 2.00 bits per heavy atom. The highest BCUT2D eigenvalue weighted by Crippen LogP contribution is 2.13. The van der Waals surface area contributed by atoms with E-state index in [-0.39, 0.29) is 17.0 Å². The fraction of sp³-hybridized carbons (Fsp3) is 0. The summed E-state index contributed by atoms with van der Waals surface area (Å²) in [7, 11) is 0. The summed E-state index contributed by atoms with van der Waals surface area (Å²) in [5, 5.41) is 2.94. The van der Waals surface area contributed by atoms with Crippen molar-refractivity contribution >= 4 is 38.6 Å². The van der Waals surface area contributed by atoms with Crippen LogP contribution in [0.4, 0.5) is 5.82 Å². The molecule has 0 radical (unpaired) electrons. The van der Waals surface area contributed by atoms with Crippen LogP contribution in [0.3, 0.4) is 0 Å². The van der Waals surface area contributed by atoms with Crippen LogP contribution in [0.15, 0.2) is 56.5 Å². The zero-order chi connectivity index (χ0) is 14.8. The number of hydrogen-bond donors (Lipinski definition) is 1. The molecule has 0 spiro atoms. The lowest BCUT2D eigenvalue weighted by molar-refractivity contribution is 0.0996. The Hall–Kier alpha value is -2.54. The van der Waals surface area contributed by atoms with E-state index in [1.165, 1.54) is 12.4 Å². The van der Waals surface area contributed by atoms with Gasteiger partial charge in [0.15, 0.2) is 17.0 Å². The minimum Gasteiger partial charge on any atom is -0.451 e. The van der Waals surface area contributed by atoms with Crippen molar-refractivity contribution in [3.05, 3.63) is 63.3 Å². The smallest absolute Gasteiger partial charge is 0.292 e. The molecule has 21 heavy (non-hydrogen) atoms. The highest BCUT2D eigenvalue weighted by molar-refractivity contribution is 9.10. The fourth-order valence-electron chi connectivity index (χ4n) is 1.77. The van der Waals surface area contributed by atoms with Crippen molar-refractivity contribution in [2.45, 2.75) is 0 Å². The Morgan fingerprint density at radius 1 is 1.19 bits per heavy atom. The predicted molar refractivity (Wildman–Crippen MR) is 80.2 cm³/mol. The minimum atomic E-state index is -0.561. The number of carbonyl (C=O) groups excluding carboxylic acids is 1. The van der Waals surface area contributed by atoms with Crippen LogP contribution in [0, 0.1) is 0 Å². The molecule has 0 aliphatic carbocycles. The SMILES string of the molecule is O=C(Nc1cnc(Br)cn1)c1cc(=O)c2ccccc2o1. The number of carbonyl (C=O) groups is 1. The van der Waals surface area contributed by atoms with Gasteiger partial charge >= 0.3 is 0 Å². The van der Waals surface area contributed by atoms with Gasteiger partial charge in [-0.25, -0.2) is 9.97 Å². The number of halogens is 1. The van der Waals surface area contributed by atoms with Crippen LogP contribution in [0.2, 0.25) is 0 Å². The lowest BCUT2D eigenvalue weighted by Crippen LogP contribution is -2.15. The third-order valence-corrected chi connectivity index (χ3v) is 3.13. The van der Waals surface area contributed by atoms with Gasteiger partial charge in [-0.15, -0.1) is 0 Å². The topological polar surface area (TPSA) is 85.1 Å². The average Bonchev–Trinajstić information content (AvgIpc) is 2.49. The van der Waals surface area contributed by atoms with Crippen LogP contribution in [0.5, 0.6) is 0 Å². The predicted octanol–water partition coefficient (Wildman–Crippen LogP) is 2.60. The molecular formula is C14H8BrN3O3. The molecule has 0 saturated heterocycles. The molecule has 0 unspecified atom stereocenters. The maximum atomic E-state index is 12.1. The Kier molecular flexibility index (Phi) is 3.49. The number of fused-ring (bicyclic) bond motifs is 1. The third-order valence-electron chi connectivity index (χ3n) is 2.72. The van der Waals surface area contributed by atoms with Gasteiger partial charge in [0.2, 0.25) is 0 Å². The third kappa shape index (κ3) is 2.82. The van der Waals surface area contributed by atoms with Crippen molar-refractivity contribution in [1.82, 2.24) is 9.97 Å². The largest absolute Gasteiger partial charge is 0.451 e. The van der Waals surface area contributed by atoms with E-state index >= 15 is 0 Å². The monoisotopic (exact) mass is 345 g/mol. The number of aromatic nitrogens is 2. The van der Waals surface area contributed by atoms with Crippen LogP contribution >= 0.6 is 15.9 Å². The van der Waals surface area contributed by atoms with E-state index in [1.54, 1.807) is 24.3 Å². The van der Waals surface area contributed by atoms with Crippen LogP contribution in [0.1, 0.15) is 10.6 Å². The Labute approximate surface area is 127 Å². The van der Waals surface area contributed by atoms with Crippen LogP contribution < -0.4 is 10.7 Å². The van der Waals surface area contributed by atoms with Crippen molar-refractivity contribution in [3.8, 4) is 0 Å². The molecule has 2 aromatic heterocycles. The number of hydrogen-bond acceptors (Lipinski definition) is 5. The van der Waals surface area contributed by atoms with E-state index in [9.17, 15) is 9.59 Å². The first-order valence-corrected chi connectivity index (χ1v) is 6.74. The zero-order valence-electron chi connectivity index (χ0n) is 10.5. The molecule has 1 aromatic carbocycles.